The van der Waals surface area contributed by atoms with Crippen molar-refractivity contribution in [2.75, 3.05) is 7.05 Å². The molecule has 0 aliphatic rings. The Kier molecular flexibility index (Phi) is 5.29. The lowest BCUT2D eigenvalue weighted by atomic mass is 9.90. The molecule has 0 aromatic heterocycles. The highest BCUT2D eigenvalue weighted by Gasteiger charge is 2.29. The maximum absolute atomic E-state index is 11.9. The number of carbonyl (C=O) groups is 1. The molecule has 3 heteroatoms. The minimum atomic E-state index is -0.414. The predicted octanol–water partition coefficient (Wildman–Crippen LogP) is 2.21. The molecule has 2 atom stereocenters. The van der Waals surface area contributed by atoms with Gasteiger partial charge in [0.2, 0.25) is 0 Å². The number of carbonyl (C=O) groups excluding carboxylic acids is 1. The van der Waals surface area contributed by atoms with Crippen LogP contribution in [0, 0.1) is 11.8 Å². The third kappa shape index (κ3) is 5.17. The van der Waals surface area contributed by atoms with Crippen molar-refractivity contribution in [3.8, 4) is 0 Å². The van der Waals surface area contributed by atoms with Gasteiger partial charge in [0.05, 0.1) is 0 Å². The van der Waals surface area contributed by atoms with E-state index in [1.165, 1.54) is 0 Å². The third-order valence-corrected chi connectivity index (χ3v) is 2.55. The first-order valence-electron chi connectivity index (χ1n) is 5.59. The van der Waals surface area contributed by atoms with E-state index in [-0.39, 0.29) is 17.9 Å². The molecule has 0 aromatic carbocycles. The summed E-state index contributed by atoms with van der Waals surface area (Å²) in [7, 11) is 1.80. The molecule has 0 aliphatic heterocycles. The van der Waals surface area contributed by atoms with E-state index in [1.807, 2.05) is 20.8 Å². The number of hydrogen-bond acceptors (Lipinski definition) is 3. The maximum Gasteiger partial charge on any atom is 0.323 e. The molecule has 1 N–H and O–H groups in total. The molecule has 90 valence electrons. The Morgan fingerprint density at radius 3 is 1.93 bits per heavy atom. The fourth-order valence-corrected chi connectivity index (χ4v) is 1.35. The second-order valence-electron chi connectivity index (χ2n) is 5.40. The fraction of sp³-hybridized carbons (Fsp3) is 0.917. The van der Waals surface area contributed by atoms with Crippen LogP contribution in [0.3, 0.4) is 0 Å². The van der Waals surface area contributed by atoms with Crippen molar-refractivity contribution in [3.63, 3.8) is 0 Å². The summed E-state index contributed by atoms with van der Waals surface area (Å²) in [5.74, 6) is 0.561. The van der Waals surface area contributed by atoms with Crippen molar-refractivity contribution in [3.05, 3.63) is 0 Å². The predicted molar refractivity (Wildman–Crippen MR) is 62.7 cm³/mol. The summed E-state index contributed by atoms with van der Waals surface area (Å²) in [6.07, 6.45) is 0. The molecule has 0 saturated heterocycles. The van der Waals surface area contributed by atoms with Crippen molar-refractivity contribution >= 4 is 5.97 Å². The Labute approximate surface area is 93.6 Å². The van der Waals surface area contributed by atoms with Gasteiger partial charge in [0.25, 0.3) is 0 Å². The van der Waals surface area contributed by atoms with Crippen molar-refractivity contribution in [2.24, 2.45) is 11.8 Å². The lowest BCUT2D eigenvalue weighted by Crippen LogP contribution is -2.45. The summed E-state index contributed by atoms with van der Waals surface area (Å²) < 4.78 is 5.36. The van der Waals surface area contributed by atoms with Gasteiger partial charge in [-0.3, -0.25) is 4.79 Å². The molecule has 0 radical (unpaired) electrons. The third-order valence-electron chi connectivity index (χ3n) is 2.55. The second kappa shape index (κ2) is 5.50. The molecule has 15 heavy (non-hydrogen) atoms. The molecule has 0 heterocycles. The SMILES string of the molecule is CNC(C(=O)OC(C)(C)C)C(C)C(C)C. The van der Waals surface area contributed by atoms with E-state index in [9.17, 15) is 4.79 Å². The first kappa shape index (κ1) is 14.4. The van der Waals surface area contributed by atoms with Gasteiger partial charge in [-0.25, -0.2) is 0 Å². The number of nitrogens with one attached hydrogen (secondary N) is 1. The average Bonchev–Trinajstić information content (AvgIpc) is 2.01. The summed E-state index contributed by atoms with van der Waals surface area (Å²) >= 11 is 0. The van der Waals surface area contributed by atoms with Crippen LogP contribution < -0.4 is 5.32 Å². The highest BCUT2D eigenvalue weighted by molar-refractivity contribution is 5.76. The lowest BCUT2D eigenvalue weighted by molar-refractivity contribution is -0.159. The minimum Gasteiger partial charge on any atom is -0.459 e. The molecule has 0 saturated carbocycles. The summed E-state index contributed by atoms with van der Waals surface area (Å²) in [4.78, 5) is 11.9. The van der Waals surface area contributed by atoms with Crippen LogP contribution >= 0.6 is 0 Å². The van der Waals surface area contributed by atoms with Gasteiger partial charge in [-0.05, 0) is 39.7 Å². The van der Waals surface area contributed by atoms with Crippen LogP contribution in [0.5, 0.6) is 0 Å². The molecule has 0 aliphatic carbocycles. The zero-order valence-corrected chi connectivity index (χ0v) is 11.0. The summed E-state index contributed by atoms with van der Waals surface area (Å²) in [5.41, 5.74) is -0.414. The van der Waals surface area contributed by atoms with Gasteiger partial charge in [0, 0.05) is 0 Å². The molecule has 0 fully saturated rings. The van der Waals surface area contributed by atoms with Crippen LogP contribution in [-0.2, 0) is 9.53 Å². The van der Waals surface area contributed by atoms with Crippen molar-refractivity contribution in [1.29, 1.82) is 0 Å². The van der Waals surface area contributed by atoms with Crippen LogP contribution in [0.2, 0.25) is 0 Å². The Morgan fingerprint density at radius 2 is 1.67 bits per heavy atom. The van der Waals surface area contributed by atoms with Gasteiger partial charge >= 0.3 is 5.97 Å². The molecule has 0 spiro atoms. The van der Waals surface area contributed by atoms with Gasteiger partial charge in [-0.1, -0.05) is 20.8 Å². The Hall–Kier alpha value is -0.570. The number of hydrogen-bond donors (Lipinski definition) is 1. The van der Waals surface area contributed by atoms with Crippen LogP contribution in [0.25, 0.3) is 0 Å². The maximum atomic E-state index is 11.9. The quantitative estimate of drug-likeness (QED) is 0.731. The Balaban J connectivity index is 4.48. The van der Waals surface area contributed by atoms with E-state index in [0.717, 1.165) is 0 Å². The zero-order chi connectivity index (χ0) is 12.2. The van der Waals surface area contributed by atoms with Crippen LogP contribution in [-0.4, -0.2) is 24.7 Å². The molecular weight excluding hydrogens is 190 g/mol. The van der Waals surface area contributed by atoms with Gasteiger partial charge < -0.3 is 10.1 Å². The molecule has 0 amide bonds. The van der Waals surface area contributed by atoms with E-state index in [2.05, 4.69) is 26.1 Å². The molecule has 2 unspecified atom stereocenters. The number of likely N-dealkylation sites (N-methyl/N-ethyl adjacent to an activating group) is 1. The zero-order valence-electron chi connectivity index (χ0n) is 11.0. The number of ether oxygens (including phenoxy) is 1. The van der Waals surface area contributed by atoms with Gasteiger partial charge in [0.1, 0.15) is 11.6 Å². The normalized spacial score (nSPS) is 16.3. The van der Waals surface area contributed by atoms with Crippen LogP contribution in [0.15, 0.2) is 0 Å². The minimum absolute atomic E-state index is 0.161. The van der Waals surface area contributed by atoms with E-state index >= 15 is 0 Å². The van der Waals surface area contributed by atoms with E-state index in [0.29, 0.717) is 5.92 Å². The molecular formula is C12H25NO2. The van der Waals surface area contributed by atoms with Crippen molar-refractivity contribution in [2.45, 2.75) is 53.2 Å². The van der Waals surface area contributed by atoms with E-state index < -0.39 is 5.60 Å². The van der Waals surface area contributed by atoms with Crippen molar-refractivity contribution in [1.82, 2.24) is 5.32 Å². The summed E-state index contributed by atoms with van der Waals surface area (Å²) in [6.45, 7) is 11.9. The highest BCUT2D eigenvalue weighted by Crippen LogP contribution is 2.18. The van der Waals surface area contributed by atoms with Gasteiger partial charge in [-0.15, -0.1) is 0 Å². The average molecular weight is 215 g/mol. The molecule has 3 nitrogen and oxygen atoms in total. The number of rotatable bonds is 4. The fourth-order valence-electron chi connectivity index (χ4n) is 1.35. The van der Waals surface area contributed by atoms with E-state index in [4.69, 9.17) is 4.74 Å². The Morgan fingerprint density at radius 1 is 1.20 bits per heavy atom. The van der Waals surface area contributed by atoms with Crippen LogP contribution in [0.4, 0.5) is 0 Å². The van der Waals surface area contributed by atoms with Gasteiger partial charge in [-0.2, -0.15) is 0 Å². The summed E-state index contributed by atoms with van der Waals surface area (Å²) in [6, 6.07) is -0.218. The van der Waals surface area contributed by atoms with Gasteiger partial charge in [0.15, 0.2) is 0 Å². The molecule has 0 aromatic rings. The standard InChI is InChI=1S/C12H25NO2/c1-8(2)9(3)10(13-7)11(14)15-12(4,5)6/h8-10,13H,1-7H3. The molecule has 0 bridgehead atoms. The van der Waals surface area contributed by atoms with Crippen molar-refractivity contribution < 1.29 is 9.53 Å². The number of esters is 1. The largest absolute Gasteiger partial charge is 0.459 e. The van der Waals surface area contributed by atoms with Crippen LogP contribution in [0.1, 0.15) is 41.5 Å². The highest BCUT2D eigenvalue weighted by atomic mass is 16.6. The lowest BCUT2D eigenvalue weighted by Gasteiger charge is -2.28. The second-order valence-corrected chi connectivity index (χ2v) is 5.40. The molecule has 0 rings (SSSR count). The Bertz CT molecular complexity index is 206. The van der Waals surface area contributed by atoms with E-state index in [1.54, 1.807) is 7.05 Å². The monoisotopic (exact) mass is 215 g/mol. The topological polar surface area (TPSA) is 38.3 Å². The first-order chi connectivity index (χ1) is 6.69. The first-order valence-corrected chi connectivity index (χ1v) is 5.59. The summed E-state index contributed by atoms with van der Waals surface area (Å²) in [5, 5.41) is 3.03. The smallest absolute Gasteiger partial charge is 0.323 e.